The first-order valence-corrected chi connectivity index (χ1v) is 9.25. The molecule has 1 aliphatic rings. The molecule has 128 valence electrons. The summed E-state index contributed by atoms with van der Waals surface area (Å²) in [4.78, 5) is 11.0. The Kier molecular flexibility index (Phi) is 5.54. The second kappa shape index (κ2) is 7.07. The number of sulfonamides is 1. The first-order chi connectivity index (χ1) is 10.8. The summed E-state index contributed by atoms with van der Waals surface area (Å²) < 4.78 is 32.5. The number of piperidine rings is 1. The van der Waals surface area contributed by atoms with Gasteiger partial charge in [-0.15, -0.1) is 0 Å². The van der Waals surface area contributed by atoms with Crippen LogP contribution in [0.3, 0.4) is 0 Å². The van der Waals surface area contributed by atoms with Crippen LogP contribution in [-0.4, -0.2) is 43.5 Å². The van der Waals surface area contributed by atoms with E-state index < -0.39 is 21.9 Å². The maximum absolute atomic E-state index is 12.9. The Hall–Kier alpha value is -1.31. The first kappa shape index (κ1) is 18.0. The molecule has 1 aromatic carbocycles. The second-order valence-corrected chi connectivity index (χ2v) is 7.81. The van der Waals surface area contributed by atoms with Crippen molar-refractivity contribution in [2.45, 2.75) is 31.6 Å². The van der Waals surface area contributed by atoms with Gasteiger partial charge in [-0.25, -0.2) is 8.42 Å². The van der Waals surface area contributed by atoms with Gasteiger partial charge in [0.15, 0.2) is 0 Å². The molecular formula is C15H20ClNO5S. The zero-order valence-electron chi connectivity index (χ0n) is 13.1. The van der Waals surface area contributed by atoms with Gasteiger partial charge in [0.25, 0.3) is 0 Å². The van der Waals surface area contributed by atoms with Gasteiger partial charge in [-0.05, 0) is 44.4 Å². The van der Waals surface area contributed by atoms with Crippen LogP contribution in [0.2, 0.25) is 5.02 Å². The highest BCUT2D eigenvalue weighted by Gasteiger charge is 2.34. The van der Waals surface area contributed by atoms with Gasteiger partial charge in [0.05, 0.1) is 12.5 Å². The number of ether oxygens (including phenoxy) is 1. The molecule has 0 aliphatic carbocycles. The standard InChI is InChI=1S/C15H20ClNO5S/c1-3-22-13-8-10(2)12(16)9-14(13)23(20,21)17-6-4-11(5-7-17)15(18)19/h8-9,11H,3-7H2,1-2H3,(H,18,19). The van der Waals surface area contributed by atoms with E-state index >= 15 is 0 Å². The van der Waals surface area contributed by atoms with Crippen LogP contribution in [0, 0.1) is 12.8 Å². The number of carboxylic acid groups (broad SMARTS) is 1. The van der Waals surface area contributed by atoms with Crippen molar-refractivity contribution in [1.82, 2.24) is 4.31 Å². The Morgan fingerprint density at radius 3 is 2.52 bits per heavy atom. The van der Waals surface area contributed by atoms with Crippen molar-refractivity contribution in [3.63, 3.8) is 0 Å². The maximum atomic E-state index is 12.9. The van der Waals surface area contributed by atoms with E-state index in [1.165, 1.54) is 10.4 Å². The molecule has 1 N–H and O–H groups in total. The average molecular weight is 362 g/mol. The minimum atomic E-state index is -3.77. The van der Waals surface area contributed by atoms with Crippen molar-refractivity contribution in [3.8, 4) is 5.75 Å². The zero-order chi connectivity index (χ0) is 17.2. The number of aryl methyl sites for hydroxylation is 1. The molecule has 0 unspecified atom stereocenters. The molecule has 0 saturated carbocycles. The molecule has 2 rings (SSSR count). The third kappa shape index (κ3) is 3.79. The number of benzene rings is 1. The van der Waals surface area contributed by atoms with E-state index in [1.54, 1.807) is 19.9 Å². The third-order valence-corrected chi connectivity index (χ3v) is 6.27. The van der Waals surface area contributed by atoms with Crippen LogP contribution >= 0.6 is 11.6 Å². The average Bonchev–Trinajstić information content (AvgIpc) is 2.51. The van der Waals surface area contributed by atoms with Crippen molar-refractivity contribution in [2.24, 2.45) is 5.92 Å². The summed E-state index contributed by atoms with van der Waals surface area (Å²) in [5.41, 5.74) is 0.735. The van der Waals surface area contributed by atoms with Crippen molar-refractivity contribution >= 4 is 27.6 Å². The zero-order valence-corrected chi connectivity index (χ0v) is 14.7. The summed E-state index contributed by atoms with van der Waals surface area (Å²) in [6.07, 6.45) is 0.607. The summed E-state index contributed by atoms with van der Waals surface area (Å²) in [7, 11) is -3.77. The number of aliphatic carboxylic acids is 1. The molecule has 0 atom stereocenters. The monoisotopic (exact) mass is 361 g/mol. The third-order valence-electron chi connectivity index (χ3n) is 3.95. The Morgan fingerprint density at radius 1 is 1.39 bits per heavy atom. The van der Waals surface area contributed by atoms with E-state index in [9.17, 15) is 13.2 Å². The van der Waals surface area contributed by atoms with E-state index in [4.69, 9.17) is 21.4 Å². The number of hydrogen-bond donors (Lipinski definition) is 1. The Balaban J connectivity index is 2.33. The minimum Gasteiger partial charge on any atom is -0.492 e. The smallest absolute Gasteiger partial charge is 0.306 e. The molecule has 1 saturated heterocycles. The largest absolute Gasteiger partial charge is 0.492 e. The van der Waals surface area contributed by atoms with Crippen molar-refractivity contribution in [2.75, 3.05) is 19.7 Å². The maximum Gasteiger partial charge on any atom is 0.306 e. The topological polar surface area (TPSA) is 83.9 Å². The lowest BCUT2D eigenvalue weighted by atomic mass is 9.99. The van der Waals surface area contributed by atoms with E-state index in [-0.39, 0.29) is 23.7 Å². The highest BCUT2D eigenvalue weighted by Crippen LogP contribution is 2.34. The van der Waals surface area contributed by atoms with Crippen LogP contribution in [0.1, 0.15) is 25.3 Å². The van der Waals surface area contributed by atoms with Crippen LogP contribution in [0.25, 0.3) is 0 Å². The van der Waals surface area contributed by atoms with Crippen LogP contribution < -0.4 is 4.74 Å². The predicted octanol–water partition coefficient (Wildman–Crippen LogP) is 2.53. The molecule has 1 aliphatic heterocycles. The van der Waals surface area contributed by atoms with E-state index in [2.05, 4.69) is 0 Å². The molecular weight excluding hydrogens is 342 g/mol. The summed E-state index contributed by atoms with van der Waals surface area (Å²) in [5, 5.41) is 9.37. The van der Waals surface area contributed by atoms with Gasteiger partial charge in [-0.3, -0.25) is 4.79 Å². The van der Waals surface area contributed by atoms with E-state index in [0.717, 1.165) is 5.56 Å². The molecule has 0 amide bonds. The SMILES string of the molecule is CCOc1cc(C)c(Cl)cc1S(=O)(=O)N1CCC(C(=O)O)CC1. The molecule has 0 radical (unpaired) electrons. The Bertz CT molecular complexity index is 696. The highest BCUT2D eigenvalue weighted by atomic mass is 35.5. The van der Waals surface area contributed by atoms with Gasteiger partial charge in [-0.2, -0.15) is 4.31 Å². The highest BCUT2D eigenvalue weighted by molar-refractivity contribution is 7.89. The van der Waals surface area contributed by atoms with Crippen molar-refractivity contribution in [3.05, 3.63) is 22.7 Å². The number of nitrogens with zero attached hydrogens (tertiary/aromatic N) is 1. The number of hydrogen-bond acceptors (Lipinski definition) is 4. The number of carboxylic acids is 1. The Morgan fingerprint density at radius 2 is 2.00 bits per heavy atom. The summed E-state index contributed by atoms with van der Waals surface area (Å²) in [6.45, 7) is 4.25. The van der Waals surface area contributed by atoms with Gasteiger partial charge in [0.1, 0.15) is 10.6 Å². The van der Waals surface area contributed by atoms with Crippen LogP contribution in [-0.2, 0) is 14.8 Å². The second-order valence-electron chi connectivity index (χ2n) is 5.50. The molecule has 0 spiro atoms. The van der Waals surface area contributed by atoms with Gasteiger partial charge < -0.3 is 9.84 Å². The lowest BCUT2D eigenvalue weighted by molar-refractivity contribution is -0.142. The van der Waals surface area contributed by atoms with Gasteiger partial charge in [-0.1, -0.05) is 11.6 Å². The fourth-order valence-corrected chi connectivity index (χ4v) is 4.43. The van der Waals surface area contributed by atoms with Crippen LogP contribution in [0.5, 0.6) is 5.75 Å². The van der Waals surface area contributed by atoms with Gasteiger partial charge >= 0.3 is 5.97 Å². The molecule has 8 heteroatoms. The molecule has 1 fully saturated rings. The number of rotatable bonds is 5. The van der Waals surface area contributed by atoms with E-state index in [0.29, 0.717) is 24.5 Å². The molecule has 1 heterocycles. The number of halogens is 1. The molecule has 0 aromatic heterocycles. The van der Waals surface area contributed by atoms with Crippen LogP contribution in [0.4, 0.5) is 0 Å². The van der Waals surface area contributed by atoms with Crippen molar-refractivity contribution < 1.29 is 23.1 Å². The normalized spacial score (nSPS) is 17.2. The van der Waals surface area contributed by atoms with Gasteiger partial charge in [0.2, 0.25) is 10.0 Å². The quantitative estimate of drug-likeness (QED) is 0.871. The fourth-order valence-electron chi connectivity index (χ4n) is 2.59. The van der Waals surface area contributed by atoms with Gasteiger partial charge in [0, 0.05) is 18.1 Å². The number of carbonyl (C=O) groups is 1. The molecule has 6 nitrogen and oxygen atoms in total. The van der Waals surface area contributed by atoms with Crippen molar-refractivity contribution in [1.29, 1.82) is 0 Å². The molecule has 23 heavy (non-hydrogen) atoms. The molecule has 0 bridgehead atoms. The van der Waals surface area contributed by atoms with E-state index in [1.807, 2.05) is 0 Å². The lowest BCUT2D eigenvalue weighted by Gasteiger charge is -2.29. The Labute approximate surface area is 141 Å². The molecule has 1 aromatic rings. The summed E-state index contributed by atoms with van der Waals surface area (Å²) >= 11 is 6.08. The first-order valence-electron chi connectivity index (χ1n) is 7.43. The lowest BCUT2D eigenvalue weighted by Crippen LogP contribution is -2.40. The summed E-state index contributed by atoms with van der Waals surface area (Å²) in [6, 6.07) is 3.02. The summed E-state index contributed by atoms with van der Waals surface area (Å²) in [5.74, 6) is -1.10. The van der Waals surface area contributed by atoms with Crippen LogP contribution in [0.15, 0.2) is 17.0 Å². The predicted molar refractivity (Wildman–Crippen MR) is 86.5 cm³/mol. The minimum absolute atomic E-state index is 0.0312. The fraction of sp³-hybridized carbons (Fsp3) is 0.533.